The molecule has 1 aromatic carbocycles. The number of ether oxygens (including phenoxy) is 2. The molecule has 0 bridgehead atoms. The summed E-state index contributed by atoms with van der Waals surface area (Å²) in [5.74, 6) is 0. The van der Waals surface area contributed by atoms with Gasteiger partial charge in [-0.3, -0.25) is 9.05 Å². The van der Waals surface area contributed by atoms with Crippen molar-refractivity contribution in [2.24, 2.45) is 0 Å². The molecule has 228 valence electrons. The zero-order valence-corrected chi connectivity index (χ0v) is 26.4. The molecule has 0 radical (unpaired) electrons. The van der Waals surface area contributed by atoms with Gasteiger partial charge in [-0.15, -0.1) is 0 Å². The van der Waals surface area contributed by atoms with Crippen LogP contribution < -0.4 is 0 Å². The molecule has 0 amide bonds. The fourth-order valence-corrected chi connectivity index (χ4v) is 5.13. The highest BCUT2D eigenvalue weighted by Gasteiger charge is 2.28. The van der Waals surface area contributed by atoms with Crippen LogP contribution in [0.15, 0.2) is 30.3 Å². The van der Waals surface area contributed by atoms with Gasteiger partial charge in [0.1, 0.15) is 19.3 Å². The molecule has 0 heterocycles. The fourth-order valence-electron chi connectivity index (χ4n) is 4.25. The summed E-state index contributed by atoms with van der Waals surface area (Å²) in [6.45, 7) is 4.35. The van der Waals surface area contributed by atoms with Crippen molar-refractivity contribution in [3.63, 3.8) is 0 Å². The summed E-state index contributed by atoms with van der Waals surface area (Å²) in [6, 6.07) is 9.82. The number of unbranched alkanes of at least 4 members (excludes halogenated alkanes) is 13. The van der Waals surface area contributed by atoms with Crippen molar-refractivity contribution in [3.8, 4) is 0 Å². The highest BCUT2D eigenvalue weighted by Crippen LogP contribution is 2.44. The zero-order valence-electron chi connectivity index (χ0n) is 25.5. The van der Waals surface area contributed by atoms with Crippen LogP contribution in [-0.2, 0) is 29.7 Å². The van der Waals surface area contributed by atoms with Gasteiger partial charge in [0.25, 0.3) is 0 Å². The van der Waals surface area contributed by atoms with E-state index in [-0.39, 0.29) is 19.8 Å². The van der Waals surface area contributed by atoms with Crippen molar-refractivity contribution in [2.75, 3.05) is 54.1 Å². The molecule has 0 fully saturated rings. The third-order valence-corrected chi connectivity index (χ3v) is 7.73. The second-order valence-electron chi connectivity index (χ2n) is 11.7. The number of hydrogen-bond donors (Lipinski definition) is 1. The molecular weight excluding hydrogens is 513 g/mol. The van der Waals surface area contributed by atoms with Gasteiger partial charge in [0, 0.05) is 6.61 Å². The second kappa shape index (κ2) is 22.8. The van der Waals surface area contributed by atoms with E-state index in [9.17, 15) is 9.46 Å². The molecule has 0 saturated heterocycles. The van der Waals surface area contributed by atoms with Gasteiger partial charge < -0.3 is 18.9 Å². The Kier molecular flexibility index (Phi) is 21.2. The smallest absolute Gasteiger partial charge is 0.379 e. The number of benzene rings is 1. The number of likely N-dealkylation sites (N-methyl/N-ethyl adjacent to an activating group) is 1. The first-order valence-corrected chi connectivity index (χ1v) is 16.9. The van der Waals surface area contributed by atoms with E-state index in [1.165, 1.54) is 77.0 Å². The summed E-state index contributed by atoms with van der Waals surface area (Å²) < 4.78 is 35.4. The van der Waals surface area contributed by atoms with E-state index >= 15 is 0 Å². The van der Waals surface area contributed by atoms with Gasteiger partial charge in [-0.1, -0.05) is 121 Å². The van der Waals surface area contributed by atoms with Crippen LogP contribution in [0.3, 0.4) is 0 Å². The average Bonchev–Trinajstić information content (AvgIpc) is 2.87. The van der Waals surface area contributed by atoms with E-state index in [0.29, 0.717) is 24.2 Å². The maximum absolute atomic E-state index is 12.5. The minimum absolute atomic E-state index is 0.134. The van der Waals surface area contributed by atoms with Crippen LogP contribution in [0.2, 0.25) is 0 Å². The molecule has 0 aliphatic carbocycles. The Hall–Kier alpha value is -0.790. The van der Waals surface area contributed by atoms with Crippen molar-refractivity contribution < 1.29 is 32.5 Å². The molecule has 0 saturated carbocycles. The van der Waals surface area contributed by atoms with E-state index in [0.717, 1.165) is 18.4 Å². The van der Waals surface area contributed by atoms with E-state index in [1.807, 2.05) is 51.5 Å². The highest BCUT2D eigenvalue weighted by molar-refractivity contribution is 7.47. The summed E-state index contributed by atoms with van der Waals surface area (Å²) in [4.78, 5) is 10.2. The first-order valence-electron chi connectivity index (χ1n) is 15.4. The highest BCUT2D eigenvalue weighted by atomic mass is 31.2. The van der Waals surface area contributed by atoms with Gasteiger partial charge in [-0.2, -0.15) is 0 Å². The largest absolute Gasteiger partial charge is 0.472 e. The lowest BCUT2D eigenvalue weighted by molar-refractivity contribution is -0.870. The van der Waals surface area contributed by atoms with Crippen molar-refractivity contribution >= 4 is 7.82 Å². The summed E-state index contributed by atoms with van der Waals surface area (Å²) >= 11 is 0. The number of rotatable bonds is 27. The minimum Gasteiger partial charge on any atom is -0.379 e. The number of phosphoric ester groups is 1. The topological polar surface area (TPSA) is 74.2 Å². The lowest BCUT2D eigenvalue weighted by atomic mass is 10.0. The number of hydrogen-bond acceptors (Lipinski definition) is 5. The van der Waals surface area contributed by atoms with Gasteiger partial charge in [0.2, 0.25) is 0 Å². The maximum Gasteiger partial charge on any atom is 0.472 e. The molecule has 1 rings (SSSR count). The Balaban J connectivity index is 2.20. The molecule has 2 atom stereocenters. The molecule has 7 nitrogen and oxygen atoms in total. The quantitative estimate of drug-likeness (QED) is 0.0656. The van der Waals surface area contributed by atoms with E-state index in [1.54, 1.807) is 0 Å². The van der Waals surface area contributed by atoms with Gasteiger partial charge in [0.05, 0.1) is 41.0 Å². The van der Waals surface area contributed by atoms with E-state index in [2.05, 4.69) is 6.92 Å². The molecule has 0 aliphatic heterocycles. The molecular formula is C31H59NO6P+. The molecule has 1 aromatic rings. The van der Waals surface area contributed by atoms with E-state index < -0.39 is 13.9 Å². The predicted octanol–water partition coefficient (Wildman–Crippen LogP) is 7.91. The lowest BCUT2D eigenvalue weighted by Gasteiger charge is -2.25. The lowest BCUT2D eigenvalue weighted by Crippen LogP contribution is -2.37. The number of phosphoric acid groups is 1. The Bertz CT molecular complexity index is 728. The number of nitrogens with zero attached hydrogens (tertiary/aromatic N) is 1. The molecule has 0 spiro atoms. The summed E-state index contributed by atoms with van der Waals surface area (Å²) in [7, 11) is 1.79. The predicted molar refractivity (Wildman–Crippen MR) is 161 cm³/mol. The Morgan fingerprint density at radius 1 is 0.744 bits per heavy atom. The van der Waals surface area contributed by atoms with Crippen molar-refractivity contribution in [1.29, 1.82) is 0 Å². The van der Waals surface area contributed by atoms with Gasteiger partial charge in [-0.25, -0.2) is 4.57 Å². The Morgan fingerprint density at radius 2 is 1.26 bits per heavy atom. The van der Waals surface area contributed by atoms with Crippen LogP contribution in [0.4, 0.5) is 0 Å². The van der Waals surface area contributed by atoms with Gasteiger partial charge in [0.15, 0.2) is 0 Å². The minimum atomic E-state index is -4.21. The van der Waals surface area contributed by atoms with Crippen LogP contribution in [0.25, 0.3) is 0 Å². The maximum atomic E-state index is 12.5. The molecule has 8 heteroatoms. The Morgan fingerprint density at radius 3 is 1.79 bits per heavy atom. The van der Waals surface area contributed by atoms with Crippen LogP contribution in [-0.4, -0.2) is 69.6 Å². The van der Waals surface area contributed by atoms with Crippen molar-refractivity contribution in [1.82, 2.24) is 0 Å². The standard InChI is InChI=1S/C31H58NO6P/c1-5-6-7-8-9-10-11-12-13-14-15-16-17-21-25-35-28-31(29-36-27-30-22-19-18-20-23-30)38-39(33,34)37-26-24-32(2,3)4/h18-20,22-23,31H,5-17,21,24-29H2,1-4H3/p+1. The Labute approximate surface area is 239 Å². The summed E-state index contributed by atoms with van der Waals surface area (Å²) in [5, 5.41) is 0. The van der Waals surface area contributed by atoms with Crippen molar-refractivity contribution in [3.05, 3.63) is 35.9 Å². The SMILES string of the molecule is CCCCCCCCCCCCCCCCOCC(COCc1ccccc1)OP(=O)(O)OCC[N+](C)(C)C. The molecule has 0 aliphatic rings. The van der Waals surface area contributed by atoms with Crippen molar-refractivity contribution in [2.45, 2.75) is 110 Å². The van der Waals surface area contributed by atoms with Crippen LogP contribution >= 0.6 is 7.82 Å². The second-order valence-corrected chi connectivity index (χ2v) is 13.1. The van der Waals surface area contributed by atoms with Gasteiger partial charge >= 0.3 is 7.82 Å². The molecule has 1 N–H and O–H groups in total. The monoisotopic (exact) mass is 572 g/mol. The molecule has 2 unspecified atom stereocenters. The third kappa shape index (κ3) is 23.6. The first-order chi connectivity index (χ1) is 18.7. The average molecular weight is 573 g/mol. The van der Waals surface area contributed by atoms with Crippen LogP contribution in [0.1, 0.15) is 102 Å². The molecule has 39 heavy (non-hydrogen) atoms. The fraction of sp³-hybridized carbons (Fsp3) is 0.806. The molecule has 0 aromatic heterocycles. The van der Waals surface area contributed by atoms with Crippen LogP contribution in [0, 0.1) is 0 Å². The zero-order chi connectivity index (χ0) is 28.7. The first kappa shape index (κ1) is 36.2. The summed E-state index contributed by atoms with van der Waals surface area (Å²) in [5.41, 5.74) is 1.03. The summed E-state index contributed by atoms with van der Waals surface area (Å²) in [6.07, 6.45) is 17.7. The normalized spacial score (nSPS) is 14.4. The third-order valence-electron chi connectivity index (χ3n) is 6.66. The van der Waals surface area contributed by atoms with Gasteiger partial charge in [-0.05, 0) is 12.0 Å². The van der Waals surface area contributed by atoms with E-state index in [4.69, 9.17) is 18.5 Å². The number of quaternary nitrogens is 1. The van der Waals surface area contributed by atoms with Crippen LogP contribution in [0.5, 0.6) is 0 Å².